The van der Waals surface area contributed by atoms with Crippen LogP contribution in [0.1, 0.15) is 27.0 Å². The molecule has 9 heteroatoms. The lowest BCUT2D eigenvalue weighted by Gasteiger charge is -2.34. The third kappa shape index (κ3) is 5.54. The third-order valence-electron chi connectivity index (χ3n) is 5.84. The summed E-state index contributed by atoms with van der Waals surface area (Å²) in [5.41, 5.74) is 2.75. The molecule has 0 aromatic heterocycles. The molecule has 4 rings (SSSR count). The highest BCUT2D eigenvalue weighted by molar-refractivity contribution is 8.00. The number of sulfonamides is 1. The summed E-state index contributed by atoms with van der Waals surface area (Å²) in [6, 6.07) is 19.6. The molecule has 0 atom stereocenters. The molecule has 1 saturated heterocycles. The quantitative estimate of drug-likeness (QED) is 0.461. The molecular formula is C26H24ClN3O3S2. The van der Waals surface area contributed by atoms with Gasteiger partial charge < -0.3 is 4.90 Å². The largest absolute Gasteiger partial charge is 0.336 e. The molecule has 0 radical (unpaired) electrons. The van der Waals surface area contributed by atoms with E-state index in [1.54, 1.807) is 29.2 Å². The molecule has 6 nitrogen and oxygen atoms in total. The predicted octanol–water partition coefficient (Wildman–Crippen LogP) is 5.13. The van der Waals surface area contributed by atoms with Gasteiger partial charge in [0.25, 0.3) is 5.91 Å². The summed E-state index contributed by atoms with van der Waals surface area (Å²) in [5.74, 6) is -0.0980. The van der Waals surface area contributed by atoms with Gasteiger partial charge in [-0.3, -0.25) is 4.79 Å². The van der Waals surface area contributed by atoms with Crippen molar-refractivity contribution in [2.24, 2.45) is 0 Å². The number of hydrogen-bond acceptors (Lipinski definition) is 5. The van der Waals surface area contributed by atoms with Gasteiger partial charge in [0.1, 0.15) is 0 Å². The molecule has 0 saturated carbocycles. The molecule has 0 bridgehead atoms. The van der Waals surface area contributed by atoms with E-state index in [-0.39, 0.29) is 29.5 Å². The Morgan fingerprint density at radius 3 is 2.37 bits per heavy atom. The lowest BCUT2D eigenvalue weighted by atomic mass is 10.1. The van der Waals surface area contributed by atoms with Gasteiger partial charge in [-0.2, -0.15) is 9.57 Å². The molecule has 1 aliphatic rings. The summed E-state index contributed by atoms with van der Waals surface area (Å²) in [5, 5.41) is 9.96. The van der Waals surface area contributed by atoms with Gasteiger partial charge in [-0.25, -0.2) is 8.42 Å². The molecule has 1 fully saturated rings. The van der Waals surface area contributed by atoms with Crippen molar-refractivity contribution >= 4 is 39.3 Å². The summed E-state index contributed by atoms with van der Waals surface area (Å²) in [6.45, 7) is 4.75. The maximum absolute atomic E-state index is 13.7. The van der Waals surface area contributed by atoms with Crippen LogP contribution in [0.3, 0.4) is 0 Å². The zero-order valence-corrected chi connectivity index (χ0v) is 21.8. The zero-order valence-electron chi connectivity index (χ0n) is 19.4. The average Bonchev–Trinajstić information content (AvgIpc) is 2.83. The van der Waals surface area contributed by atoms with Crippen LogP contribution >= 0.6 is 23.4 Å². The lowest BCUT2D eigenvalue weighted by Crippen LogP contribution is -2.50. The van der Waals surface area contributed by atoms with Gasteiger partial charge in [-0.05, 0) is 67.4 Å². The topological polar surface area (TPSA) is 81.5 Å². The molecule has 1 heterocycles. The van der Waals surface area contributed by atoms with E-state index in [0.717, 1.165) is 16.0 Å². The van der Waals surface area contributed by atoms with E-state index < -0.39 is 10.0 Å². The van der Waals surface area contributed by atoms with Crippen molar-refractivity contribution in [2.45, 2.75) is 28.5 Å². The van der Waals surface area contributed by atoms with Crippen molar-refractivity contribution in [3.8, 4) is 6.07 Å². The molecule has 3 aromatic carbocycles. The maximum atomic E-state index is 13.7. The molecule has 0 unspecified atom stereocenters. The molecule has 0 N–H and O–H groups in total. The summed E-state index contributed by atoms with van der Waals surface area (Å²) in [4.78, 5) is 16.0. The number of nitrogens with zero attached hydrogens (tertiary/aromatic N) is 3. The second-order valence-electron chi connectivity index (χ2n) is 8.35. The number of carbonyl (C=O) groups is 1. The normalized spacial score (nSPS) is 14.5. The highest BCUT2D eigenvalue weighted by Gasteiger charge is 2.32. The van der Waals surface area contributed by atoms with Gasteiger partial charge in [0.05, 0.1) is 16.5 Å². The average molecular weight is 526 g/mol. The number of piperazine rings is 1. The monoisotopic (exact) mass is 525 g/mol. The summed E-state index contributed by atoms with van der Waals surface area (Å²) < 4.78 is 28.7. The predicted molar refractivity (Wildman–Crippen MR) is 137 cm³/mol. The second kappa shape index (κ2) is 10.4. The first kappa shape index (κ1) is 25.3. The molecule has 0 aliphatic carbocycles. The zero-order chi connectivity index (χ0) is 25.2. The van der Waals surface area contributed by atoms with Crippen molar-refractivity contribution in [2.75, 3.05) is 26.2 Å². The van der Waals surface area contributed by atoms with Crippen LogP contribution < -0.4 is 0 Å². The molecule has 3 aromatic rings. The first-order chi connectivity index (χ1) is 16.7. The Hall–Kier alpha value is -2.83. The number of nitriles is 1. The molecule has 0 spiro atoms. The smallest absolute Gasteiger partial charge is 0.254 e. The van der Waals surface area contributed by atoms with Crippen molar-refractivity contribution < 1.29 is 13.2 Å². The minimum absolute atomic E-state index is 0.0814. The summed E-state index contributed by atoms with van der Waals surface area (Å²) >= 11 is 7.49. The Kier molecular flexibility index (Phi) is 7.53. The van der Waals surface area contributed by atoms with E-state index in [2.05, 4.69) is 0 Å². The van der Waals surface area contributed by atoms with Crippen LogP contribution in [0.4, 0.5) is 0 Å². The minimum atomic E-state index is -3.90. The van der Waals surface area contributed by atoms with E-state index in [0.29, 0.717) is 28.6 Å². The van der Waals surface area contributed by atoms with Gasteiger partial charge in [-0.15, -0.1) is 0 Å². The van der Waals surface area contributed by atoms with Crippen LogP contribution in [-0.2, 0) is 10.0 Å². The van der Waals surface area contributed by atoms with Gasteiger partial charge in [-0.1, -0.05) is 41.6 Å². The highest BCUT2D eigenvalue weighted by atomic mass is 35.5. The molecule has 35 heavy (non-hydrogen) atoms. The van der Waals surface area contributed by atoms with E-state index in [1.807, 2.05) is 50.2 Å². The fourth-order valence-electron chi connectivity index (χ4n) is 4.01. The van der Waals surface area contributed by atoms with Crippen LogP contribution in [0.5, 0.6) is 0 Å². The van der Waals surface area contributed by atoms with Crippen molar-refractivity contribution in [1.29, 1.82) is 5.26 Å². The Balaban J connectivity index is 1.58. The fraction of sp³-hybridized carbons (Fsp3) is 0.231. The Morgan fingerprint density at radius 2 is 1.71 bits per heavy atom. The Morgan fingerprint density at radius 1 is 1.00 bits per heavy atom. The first-order valence-electron chi connectivity index (χ1n) is 11.0. The number of halogens is 1. The van der Waals surface area contributed by atoms with Gasteiger partial charge in [0.2, 0.25) is 10.0 Å². The SMILES string of the molecule is Cc1cc(Cl)cc(Sc2ccc(C#N)cc2S(=O)(=O)N2CCN(C(=O)c3ccccc3C)CC2)c1. The van der Waals surface area contributed by atoms with Gasteiger partial charge in [0.15, 0.2) is 0 Å². The van der Waals surface area contributed by atoms with Gasteiger partial charge >= 0.3 is 0 Å². The molecule has 180 valence electrons. The van der Waals surface area contributed by atoms with Crippen molar-refractivity contribution in [3.63, 3.8) is 0 Å². The summed E-state index contributed by atoms with van der Waals surface area (Å²) in [7, 11) is -3.90. The number of benzene rings is 3. The fourth-order valence-corrected chi connectivity index (χ4v) is 7.30. The first-order valence-corrected chi connectivity index (χ1v) is 13.7. The number of carbonyl (C=O) groups excluding carboxylic acids is 1. The minimum Gasteiger partial charge on any atom is -0.336 e. The molecule has 1 amide bonds. The second-order valence-corrected chi connectivity index (χ2v) is 11.8. The standard InChI is InChI=1S/C26H24ClN3O3S2/c1-18-13-21(27)16-22(14-18)34-24-8-7-20(17-28)15-25(24)35(32,33)30-11-9-29(10-12-30)26(31)23-6-4-3-5-19(23)2/h3-8,13-16H,9-12H2,1-2H3. The Labute approximate surface area is 215 Å². The number of aryl methyl sites for hydroxylation is 2. The van der Waals surface area contributed by atoms with E-state index in [1.165, 1.54) is 22.1 Å². The van der Waals surface area contributed by atoms with E-state index >= 15 is 0 Å². The van der Waals surface area contributed by atoms with Crippen LogP contribution in [0.15, 0.2) is 75.4 Å². The lowest BCUT2D eigenvalue weighted by molar-refractivity contribution is 0.0697. The van der Waals surface area contributed by atoms with Gasteiger partial charge in [0, 0.05) is 46.6 Å². The number of rotatable bonds is 5. The summed E-state index contributed by atoms with van der Waals surface area (Å²) in [6.07, 6.45) is 0. The number of amides is 1. The van der Waals surface area contributed by atoms with Crippen LogP contribution in [0.2, 0.25) is 5.02 Å². The van der Waals surface area contributed by atoms with Crippen LogP contribution in [0.25, 0.3) is 0 Å². The van der Waals surface area contributed by atoms with Crippen molar-refractivity contribution in [3.05, 3.63) is 87.9 Å². The Bertz CT molecular complexity index is 1410. The maximum Gasteiger partial charge on any atom is 0.254 e. The van der Waals surface area contributed by atoms with Crippen LogP contribution in [0, 0.1) is 25.2 Å². The molecule has 1 aliphatic heterocycles. The third-order valence-corrected chi connectivity index (χ3v) is 9.17. The highest BCUT2D eigenvalue weighted by Crippen LogP contribution is 2.36. The van der Waals surface area contributed by atoms with E-state index in [9.17, 15) is 18.5 Å². The van der Waals surface area contributed by atoms with Crippen LogP contribution in [-0.4, -0.2) is 49.7 Å². The van der Waals surface area contributed by atoms with Crippen molar-refractivity contribution in [1.82, 2.24) is 9.21 Å². The molecular weight excluding hydrogens is 502 g/mol. The van der Waals surface area contributed by atoms with E-state index in [4.69, 9.17) is 11.6 Å². The number of hydrogen-bond donors (Lipinski definition) is 0.